The van der Waals surface area contributed by atoms with Crippen molar-refractivity contribution in [2.24, 2.45) is 0 Å². The third kappa shape index (κ3) is 13.2. The number of benzene rings is 1. The maximum atomic E-state index is 12.4. The van der Waals surface area contributed by atoms with Gasteiger partial charge in [-0.15, -0.1) is 0 Å². The van der Waals surface area contributed by atoms with Gasteiger partial charge in [-0.1, -0.05) is 127 Å². The van der Waals surface area contributed by atoms with E-state index in [2.05, 4.69) is 48.1 Å². The van der Waals surface area contributed by atoms with Crippen LogP contribution in [0.3, 0.4) is 0 Å². The van der Waals surface area contributed by atoms with Crippen molar-refractivity contribution in [2.75, 3.05) is 0 Å². The Bertz CT molecular complexity index is 818. The molecule has 0 aliphatic carbocycles. The maximum absolute atomic E-state index is 12.4. The second-order valence-electron chi connectivity index (χ2n) is 9.60. The lowest BCUT2D eigenvalue weighted by Crippen LogP contribution is -2.08. The molecule has 35 heavy (non-hydrogen) atoms. The van der Waals surface area contributed by atoms with Gasteiger partial charge in [0.2, 0.25) is 0 Å². The molecule has 1 aromatic heterocycles. The first-order chi connectivity index (χ1) is 17.2. The van der Waals surface area contributed by atoms with Crippen LogP contribution in [0.25, 0.3) is 0 Å². The first-order valence-electron chi connectivity index (χ1n) is 14.0. The summed E-state index contributed by atoms with van der Waals surface area (Å²) < 4.78 is 5.36. The number of hydrogen-bond donors (Lipinski definition) is 0. The largest absolute Gasteiger partial charge is 0.388 e. The van der Waals surface area contributed by atoms with E-state index < -0.39 is 5.97 Å². The molecule has 1 atom stereocenters. The topological polar surface area (TPSA) is 52.1 Å². The molecule has 0 fully saturated rings. The highest BCUT2D eigenvalue weighted by Crippen LogP contribution is 2.24. The number of carbonyl (C=O) groups excluding carboxylic acids is 1. The van der Waals surface area contributed by atoms with E-state index in [1.165, 1.54) is 82.3 Å². The maximum Gasteiger partial charge on any atom is 0.338 e. The summed E-state index contributed by atoms with van der Waals surface area (Å²) in [6.45, 7) is 4.49. The van der Waals surface area contributed by atoms with Crippen LogP contribution in [0.15, 0.2) is 54.9 Å². The van der Waals surface area contributed by atoms with Gasteiger partial charge in [0.1, 0.15) is 0 Å². The number of allylic oxidation sites excluding steroid dienone is 1. The Morgan fingerprint density at radius 3 is 2.00 bits per heavy atom. The van der Waals surface area contributed by atoms with E-state index in [9.17, 15) is 4.79 Å². The SMILES string of the molecule is CCCCCCCCCc1cnc(OC(=O)C=CC(CCCCCCCC)c2ccccc2)nc1. The fourth-order valence-corrected chi connectivity index (χ4v) is 4.35. The van der Waals surface area contributed by atoms with Gasteiger partial charge >= 0.3 is 12.0 Å². The smallest absolute Gasteiger partial charge is 0.338 e. The number of ether oxygens (including phenoxy) is 1. The highest BCUT2D eigenvalue weighted by atomic mass is 16.5. The van der Waals surface area contributed by atoms with Crippen LogP contribution in [0.5, 0.6) is 6.01 Å². The molecular formula is C31H46N2O2. The number of hydrogen-bond acceptors (Lipinski definition) is 4. The summed E-state index contributed by atoms with van der Waals surface area (Å²) in [5, 5.41) is 0. The van der Waals surface area contributed by atoms with Crippen LogP contribution in [-0.2, 0) is 11.2 Å². The minimum absolute atomic E-state index is 0.121. The standard InChI is InChI=1S/C31H46N2O2/c1-3-5-7-9-11-12-15-19-27-25-32-31(33-26-27)35-30(34)24-23-29(28-20-17-14-18-21-28)22-16-13-10-8-6-4-2/h14,17-18,20-21,23-26,29H,3-13,15-16,19,22H2,1-2H3. The first kappa shape index (κ1) is 28.7. The van der Waals surface area contributed by atoms with Gasteiger partial charge in [0.25, 0.3) is 0 Å². The lowest BCUT2D eigenvalue weighted by atomic mass is 9.92. The fourth-order valence-electron chi connectivity index (χ4n) is 4.35. The Balaban J connectivity index is 1.77. The Hall–Kier alpha value is -2.49. The predicted molar refractivity (Wildman–Crippen MR) is 146 cm³/mol. The fraction of sp³-hybridized carbons (Fsp3) is 0.581. The van der Waals surface area contributed by atoms with Gasteiger partial charge in [0.05, 0.1) is 0 Å². The van der Waals surface area contributed by atoms with Crippen LogP contribution in [0.1, 0.15) is 121 Å². The van der Waals surface area contributed by atoms with Crippen molar-refractivity contribution in [2.45, 2.75) is 116 Å². The molecule has 192 valence electrons. The third-order valence-electron chi connectivity index (χ3n) is 6.50. The van der Waals surface area contributed by atoms with Crippen molar-refractivity contribution in [1.29, 1.82) is 0 Å². The van der Waals surface area contributed by atoms with Gasteiger partial charge in [-0.3, -0.25) is 0 Å². The van der Waals surface area contributed by atoms with E-state index in [4.69, 9.17) is 4.74 Å². The van der Waals surface area contributed by atoms with Crippen LogP contribution in [0.2, 0.25) is 0 Å². The van der Waals surface area contributed by atoms with E-state index in [-0.39, 0.29) is 11.9 Å². The van der Waals surface area contributed by atoms with E-state index in [1.54, 1.807) is 12.4 Å². The Morgan fingerprint density at radius 2 is 1.37 bits per heavy atom. The quantitative estimate of drug-likeness (QED) is 0.115. The van der Waals surface area contributed by atoms with Gasteiger partial charge in [-0.05, 0) is 30.4 Å². The zero-order valence-electron chi connectivity index (χ0n) is 22.1. The number of carbonyl (C=O) groups is 1. The molecule has 0 N–H and O–H groups in total. The average molecular weight is 479 g/mol. The molecule has 0 radical (unpaired) electrons. The average Bonchev–Trinajstić information content (AvgIpc) is 2.88. The van der Waals surface area contributed by atoms with Crippen molar-refractivity contribution in [3.05, 3.63) is 66.0 Å². The third-order valence-corrected chi connectivity index (χ3v) is 6.50. The summed E-state index contributed by atoms with van der Waals surface area (Å²) in [4.78, 5) is 20.9. The lowest BCUT2D eigenvalue weighted by Gasteiger charge is -2.13. The van der Waals surface area contributed by atoms with Gasteiger partial charge < -0.3 is 4.74 Å². The highest BCUT2D eigenvalue weighted by molar-refractivity contribution is 5.83. The molecule has 2 rings (SSSR count). The number of esters is 1. The Kier molecular flexibility index (Phi) is 15.4. The van der Waals surface area contributed by atoms with Gasteiger partial charge in [0, 0.05) is 24.4 Å². The predicted octanol–water partition coefficient (Wildman–Crippen LogP) is 8.77. The van der Waals surface area contributed by atoms with Crippen LogP contribution < -0.4 is 4.74 Å². The van der Waals surface area contributed by atoms with Crippen molar-refractivity contribution in [3.63, 3.8) is 0 Å². The Labute approximate surface area is 213 Å². The van der Waals surface area contributed by atoms with E-state index in [0.717, 1.165) is 31.2 Å². The minimum atomic E-state index is -0.422. The Morgan fingerprint density at radius 1 is 0.800 bits per heavy atom. The number of unbranched alkanes of at least 4 members (excludes halogenated alkanes) is 11. The second kappa shape index (κ2) is 18.8. The van der Waals surface area contributed by atoms with Gasteiger partial charge in [-0.25, -0.2) is 14.8 Å². The molecule has 1 heterocycles. The van der Waals surface area contributed by atoms with Crippen LogP contribution in [0, 0.1) is 0 Å². The van der Waals surface area contributed by atoms with Crippen molar-refractivity contribution in [3.8, 4) is 6.01 Å². The molecule has 4 nitrogen and oxygen atoms in total. The molecule has 0 aliphatic heterocycles. The monoisotopic (exact) mass is 478 g/mol. The zero-order valence-corrected chi connectivity index (χ0v) is 22.1. The molecule has 0 bridgehead atoms. The van der Waals surface area contributed by atoms with Crippen LogP contribution >= 0.6 is 0 Å². The van der Waals surface area contributed by atoms with Crippen molar-refractivity contribution in [1.82, 2.24) is 9.97 Å². The molecule has 1 aromatic carbocycles. The molecular weight excluding hydrogens is 432 g/mol. The summed E-state index contributed by atoms with van der Waals surface area (Å²) in [5.41, 5.74) is 2.33. The number of aromatic nitrogens is 2. The molecule has 1 unspecified atom stereocenters. The normalized spacial score (nSPS) is 12.2. The van der Waals surface area contributed by atoms with Crippen molar-refractivity contribution < 1.29 is 9.53 Å². The molecule has 0 aliphatic rings. The summed E-state index contributed by atoms with van der Waals surface area (Å²) in [6.07, 6.45) is 25.6. The lowest BCUT2D eigenvalue weighted by molar-refractivity contribution is -0.129. The number of aryl methyl sites for hydroxylation is 1. The molecule has 0 saturated heterocycles. The van der Waals surface area contributed by atoms with E-state index in [1.807, 2.05) is 12.1 Å². The van der Waals surface area contributed by atoms with Crippen molar-refractivity contribution >= 4 is 5.97 Å². The molecule has 0 saturated carbocycles. The van der Waals surface area contributed by atoms with Crippen LogP contribution in [0.4, 0.5) is 0 Å². The molecule has 2 aromatic rings. The minimum Gasteiger partial charge on any atom is -0.388 e. The first-order valence-corrected chi connectivity index (χ1v) is 14.0. The van der Waals surface area contributed by atoms with Crippen LogP contribution in [-0.4, -0.2) is 15.9 Å². The summed E-state index contributed by atoms with van der Waals surface area (Å²) in [7, 11) is 0. The molecule has 0 spiro atoms. The van der Waals surface area contributed by atoms with E-state index >= 15 is 0 Å². The number of nitrogens with zero attached hydrogens (tertiary/aromatic N) is 2. The van der Waals surface area contributed by atoms with Gasteiger partial charge in [-0.2, -0.15) is 0 Å². The number of rotatable bonds is 19. The summed E-state index contributed by atoms with van der Waals surface area (Å²) in [6, 6.07) is 10.5. The highest BCUT2D eigenvalue weighted by Gasteiger charge is 2.10. The second-order valence-corrected chi connectivity index (χ2v) is 9.60. The molecule has 0 amide bonds. The summed E-state index contributed by atoms with van der Waals surface area (Å²) in [5.74, 6) is -0.214. The summed E-state index contributed by atoms with van der Waals surface area (Å²) >= 11 is 0. The zero-order chi connectivity index (χ0) is 25.0. The van der Waals surface area contributed by atoms with Gasteiger partial charge in [0.15, 0.2) is 0 Å². The van der Waals surface area contributed by atoms with E-state index in [0.29, 0.717) is 0 Å². The molecule has 4 heteroatoms.